The molecule has 0 amide bonds. The maximum Gasteiger partial charge on any atom is 0.0619 e. The van der Waals surface area contributed by atoms with Crippen LogP contribution in [0.1, 0.15) is 0 Å². The van der Waals surface area contributed by atoms with Gasteiger partial charge in [-0.1, -0.05) is 188 Å². The van der Waals surface area contributed by atoms with Crippen molar-refractivity contribution in [2.45, 2.75) is 0 Å². The van der Waals surface area contributed by atoms with Crippen molar-refractivity contribution in [1.29, 1.82) is 0 Å². The lowest BCUT2D eigenvalue weighted by molar-refractivity contribution is 1.19. The predicted octanol–water partition coefficient (Wildman–Crippen LogP) is 16.1. The molecular formula is C58H40N2. The molecule has 2 heteroatoms. The van der Waals surface area contributed by atoms with Crippen molar-refractivity contribution in [3.8, 4) is 50.2 Å². The molecule has 0 fully saturated rings. The van der Waals surface area contributed by atoms with Crippen molar-refractivity contribution < 1.29 is 0 Å². The van der Waals surface area contributed by atoms with Gasteiger partial charge in [-0.3, -0.25) is 0 Å². The normalized spacial score (nSPS) is 11.3. The first-order chi connectivity index (χ1) is 29.7. The van der Waals surface area contributed by atoms with Crippen molar-refractivity contribution in [2.75, 3.05) is 4.90 Å². The third kappa shape index (κ3) is 6.41. The zero-order chi connectivity index (χ0) is 39.8. The van der Waals surface area contributed by atoms with Gasteiger partial charge in [0.15, 0.2) is 0 Å². The van der Waals surface area contributed by atoms with Crippen LogP contribution < -0.4 is 4.90 Å². The van der Waals surface area contributed by atoms with Gasteiger partial charge in [-0.05, 0) is 104 Å². The lowest BCUT2D eigenvalue weighted by Crippen LogP contribution is -2.10. The molecule has 0 N–H and O–H groups in total. The Balaban J connectivity index is 0.961. The molecule has 0 radical (unpaired) electrons. The summed E-state index contributed by atoms with van der Waals surface area (Å²) in [5, 5.41) is 5.04. The summed E-state index contributed by atoms with van der Waals surface area (Å²) in [5.74, 6) is 0. The molecule has 282 valence electrons. The Morgan fingerprint density at radius 2 is 0.717 bits per heavy atom. The molecule has 11 aromatic rings. The Labute approximate surface area is 350 Å². The van der Waals surface area contributed by atoms with Crippen molar-refractivity contribution in [3.05, 3.63) is 243 Å². The highest BCUT2D eigenvalue weighted by atomic mass is 15.1. The van der Waals surface area contributed by atoms with E-state index in [9.17, 15) is 0 Å². The van der Waals surface area contributed by atoms with Crippen molar-refractivity contribution in [1.82, 2.24) is 4.57 Å². The Kier molecular flexibility index (Phi) is 8.87. The number of hydrogen-bond acceptors (Lipinski definition) is 1. The SMILES string of the molecule is c1ccc(-c2ccc(-c3ccc(N(c4ccc(-c5ccccc5)cc4)c4cccc(-c5ccc(-n6c7ccccc7c7ccc8ccccc8c76)cc5)c4)cc3)cc2)cc1. The van der Waals surface area contributed by atoms with Crippen LogP contribution in [0, 0.1) is 0 Å². The number of anilines is 3. The third-order valence-corrected chi connectivity index (χ3v) is 11.8. The Bertz CT molecular complexity index is 3250. The van der Waals surface area contributed by atoms with E-state index in [2.05, 4.69) is 252 Å². The van der Waals surface area contributed by atoms with Gasteiger partial charge >= 0.3 is 0 Å². The minimum absolute atomic E-state index is 1.10. The van der Waals surface area contributed by atoms with Crippen LogP contribution in [0.15, 0.2) is 243 Å². The van der Waals surface area contributed by atoms with Crippen molar-refractivity contribution >= 4 is 49.6 Å². The highest BCUT2D eigenvalue weighted by Gasteiger charge is 2.17. The molecule has 60 heavy (non-hydrogen) atoms. The highest BCUT2D eigenvalue weighted by Crippen LogP contribution is 2.40. The van der Waals surface area contributed by atoms with Gasteiger partial charge in [0.1, 0.15) is 0 Å². The molecule has 0 aliphatic rings. The first kappa shape index (κ1) is 35.2. The Hall–Kier alpha value is -7.94. The van der Waals surface area contributed by atoms with Crippen LogP contribution in [0.5, 0.6) is 0 Å². The smallest absolute Gasteiger partial charge is 0.0619 e. The van der Waals surface area contributed by atoms with Gasteiger partial charge in [-0.2, -0.15) is 0 Å². The molecule has 11 rings (SSSR count). The molecule has 1 aromatic heterocycles. The molecule has 2 nitrogen and oxygen atoms in total. The molecule has 0 atom stereocenters. The molecule has 0 unspecified atom stereocenters. The van der Waals surface area contributed by atoms with Crippen LogP contribution >= 0.6 is 0 Å². The van der Waals surface area contributed by atoms with Crippen molar-refractivity contribution in [3.63, 3.8) is 0 Å². The van der Waals surface area contributed by atoms with Crippen LogP contribution in [-0.2, 0) is 0 Å². The predicted molar refractivity (Wildman–Crippen MR) is 255 cm³/mol. The van der Waals surface area contributed by atoms with E-state index < -0.39 is 0 Å². The van der Waals surface area contributed by atoms with Gasteiger partial charge in [0, 0.05) is 38.9 Å². The first-order valence-corrected chi connectivity index (χ1v) is 20.6. The average Bonchev–Trinajstić information content (AvgIpc) is 3.68. The largest absolute Gasteiger partial charge is 0.310 e. The molecule has 0 spiro atoms. The van der Waals surface area contributed by atoms with Crippen LogP contribution in [-0.4, -0.2) is 4.57 Å². The number of rotatable bonds is 8. The zero-order valence-electron chi connectivity index (χ0n) is 33.0. The number of aromatic nitrogens is 1. The van der Waals surface area contributed by atoms with E-state index in [0.717, 1.165) is 28.3 Å². The molecule has 0 aliphatic carbocycles. The fraction of sp³-hybridized carbons (Fsp3) is 0. The van der Waals surface area contributed by atoms with Gasteiger partial charge in [0.25, 0.3) is 0 Å². The number of benzene rings is 10. The monoisotopic (exact) mass is 764 g/mol. The summed E-state index contributed by atoms with van der Waals surface area (Å²) in [7, 11) is 0. The van der Waals surface area contributed by atoms with E-state index in [0.29, 0.717) is 0 Å². The second kappa shape index (κ2) is 15.1. The maximum atomic E-state index is 2.43. The zero-order valence-corrected chi connectivity index (χ0v) is 33.0. The molecule has 0 saturated carbocycles. The van der Waals surface area contributed by atoms with E-state index in [1.54, 1.807) is 0 Å². The summed E-state index contributed by atoms with van der Waals surface area (Å²) in [5.41, 5.74) is 16.4. The second-order valence-corrected chi connectivity index (χ2v) is 15.4. The molecule has 0 bridgehead atoms. The van der Waals surface area contributed by atoms with Gasteiger partial charge in [0.05, 0.1) is 11.0 Å². The van der Waals surface area contributed by atoms with E-state index in [1.807, 2.05) is 0 Å². The maximum absolute atomic E-state index is 2.43. The molecule has 1 heterocycles. The third-order valence-electron chi connectivity index (χ3n) is 11.8. The standard InChI is InChI=1S/C58H40N2/c1-3-12-41(13-4-1)43-22-24-44(25-23-43)46-28-35-51(36-29-46)59(50-33-26-45(27-34-50)42-14-5-2-6-15-42)53-18-11-17-49(40-53)47-30-37-52(38-31-47)60-57-21-10-9-20-55(57)56-39-32-48-16-7-8-19-54(48)58(56)60/h1-40H. The Morgan fingerprint density at radius 1 is 0.267 bits per heavy atom. The number of nitrogens with zero attached hydrogens (tertiary/aromatic N) is 2. The minimum Gasteiger partial charge on any atom is -0.310 e. The number of para-hydroxylation sites is 1. The summed E-state index contributed by atoms with van der Waals surface area (Å²) < 4.78 is 2.43. The minimum atomic E-state index is 1.10. The summed E-state index contributed by atoms with van der Waals surface area (Å²) in [6.45, 7) is 0. The fourth-order valence-corrected chi connectivity index (χ4v) is 8.80. The lowest BCUT2D eigenvalue weighted by atomic mass is 10.00. The van der Waals surface area contributed by atoms with Crippen molar-refractivity contribution in [2.24, 2.45) is 0 Å². The number of hydrogen-bond donors (Lipinski definition) is 0. The van der Waals surface area contributed by atoms with Gasteiger partial charge < -0.3 is 9.47 Å². The Morgan fingerprint density at radius 3 is 1.32 bits per heavy atom. The van der Waals surface area contributed by atoms with E-state index in [1.165, 1.54) is 71.5 Å². The lowest BCUT2D eigenvalue weighted by Gasteiger charge is -2.26. The topological polar surface area (TPSA) is 8.17 Å². The first-order valence-electron chi connectivity index (χ1n) is 20.6. The average molecular weight is 765 g/mol. The van der Waals surface area contributed by atoms with Crippen LogP contribution in [0.25, 0.3) is 82.8 Å². The van der Waals surface area contributed by atoms with Crippen LogP contribution in [0.3, 0.4) is 0 Å². The van der Waals surface area contributed by atoms with E-state index >= 15 is 0 Å². The van der Waals surface area contributed by atoms with E-state index in [-0.39, 0.29) is 0 Å². The summed E-state index contributed by atoms with van der Waals surface area (Å²) in [6, 6.07) is 87.7. The van der Waals surface area contributed by atoms with Crippen LogP contribution in [0.4, 0.5) is 17.1 Å². The quantitative estimate of drug-likeness (QED) is 0.150. The van der Waals surface area contributed by atoms with Gasteiger partial charge in [-0.25, -0.2) is 0 Å². The summed E-state index contributed by atoms with van der Waals surface area (Å²) in [4.78, 5) is 2.36. The molecule has 10 aromatic carbocycles. The second-order valence-electron chi connectivity index (χ2n) is 15.4. The van der Waals surface area contributed by atoms with Gasteiger partial charge in [0.2, 0.25) is 0 Å². The summed E-state index contributed by atoms with van der Waals surface area (Å²) >= 11 is 0. The molecule has 0 aliphatic heterocycles. The molecule has 0 saturated heterocycles. The highest BCUT2D eigenvalue weighted by molar-refractivity contribution is 6.18. The van der Waals surface area contributed by atoms with E-state index in [4.69, 9.17) is 0 Å². The fourth-order valence-electron chi connectivity index (χ4n) is 8.80. The van der Waals surface area contributed by atoms with Crippen LogP contribution in [0.2, 0.25) is 0 Å². The number of fused-ring (bicyclic) bond motifs is 5. The summed E-state index contributed by atoms with van der Waals surface area (Å²) in [6.07, 6.45) is 0. The van der Waals surface area contributed by atoms with Gasteiger partial charge in [-0.15, -0.1) is 0 Å². The molecular weight excluding hydrogens is 725 g/mol.